The third kappa shape index (κ3) is 4.35. The van der Waals surface area contributed by atoms with Crippen LogP contribution in [-0.2, 0) is 0 Å². The molecule has 9 aromatic rings. The van der Waals surface area contributed by atoms with Crippen LogP contribution in [0, 0.1) is 0 Å². The molecule has 0 saturated heterocycles. The zero-order chi connectivity index (χ0) is 30.5. The van der Waals surface area contributed by atoms with Gasteiger partial charge in [-0.25, -0.2) is 0 Å². The van der Waals surface area contributed by atoms with Crippen LogP contribution >= 0.6 is 0 Å². The molecule has 0 spiro atoms. The Labute approximate surface area is 267 Å². The maximum Gasteiger partial charge on any atom is 0.143 e. The fourth-order valence-electron chi connectivity index (χ4n) is 6.86. The summed E-state index contributed by atoms with van der Waals surface area (Å²) in [4.78, 5) is 2.40. The lowest BCUT2D eigenvalue weighted by molar-refractivity contribution is 0.670. The molecule has 8 aromatic carbocycles. The maximum atomic E-state index is 6.37. The van der Waals surface area contributed by atoms with Gasteiger partial charge in [-0.1, -0.05) is 140 Å². The highest BCUT2D eigenvalue weighted by Crippen LogP contribution is 2.43. The van der Waals surface area contributed by atoms with Crippen molar-refractivity contribution in [3.63, 3.8) is 0 Å². The van der Waals surface area contributed by atoms with E-state index < -0.39 is 0 Å². The summed E-state index contributed by atoms with van der Waals surface area (Å²) in [6.07, 6.45) is 0. The molecule has 0 radical (unpaired) electrons. The highest BCUT2D eigenvalue weighted by molar-refractivity contribution is 6.10. The molecule has 0 aliphatic heterocycles. The molecule has 9 rings (SSSR count). The molecule has 216 valence electrons. The zero-order valence-electron chi connectivity index (χ0n) is 25.1. The summed E-state index contributed by atoms with van der Waals surface area (Å²) in [5, 5.41) is 7.16. The molecule has 0 fully saturated rings. The average molecular weight is 588 g/mol. The molecule has 0 bridgehead atoms. The van der Waals surface area contributed by atoms with Crippen LogP contribution in [0.15, 0.2) is 180 Å². The fourth-order valence-corrected chi connectivity index (χ4v) is 6.86. The first kappa shape index (κ1) is 26.3. The number of hydrogen-bond donors (Lipinski definition) is 0. The summed E-state index contributed by atoms with van der Waals surface area (Å²) in [5.74, 6) is 0. The topological polar surface area (TPSA) is 16.4 Å². The second kappa shape index (κ2) is 10.8. The van der Waals surface area contributed by atoms with E-state index in [4.69, 9.17) is 4.42 Å². The number of nitrogens with zero attached hydrogens (tertiary/aromatic N) is 1. The number of hydrogen-bond acceptors (Lipinski definition) is 2. The van der Waals surface area contributed by atoms with Crippen molar-refractivity contribution in [3.05, 3.63) is 176 Å². The van der Waals surface area contributed by atoms with Crippen LogP contribution in [0.1, 0.15) is 0 Å². The Morgan fingerprint density at radius 2 is 0.913 bits per heavy atom. The van der Waals surface area contributed by atoms with Gasteiger partial charge in [-0.2, -0.15) is 0 Å². The van der Waals surface area contributed by atoms with Crippen molar-refractivity contribution in [1.29, 1.82) is 0 Å². The predicted molar refractivity (Wildman–Crippen MR) is 194 cm³/mol. The second-order valence-corrected chi connectivity index (χ2v) is 11.7. The zero-order valence-corrected chi connectivity index (χ0v) is 25.1. The molecule has 0 atom stereocenters. The van der Waals surface area contributed by atoms with E-state index in [0.717, 1.165) is 55.7 Å². The van der Waals surface area contributed by atoms with Crippen molar-refractivity contribution in [2.24, 2.45) is 0 Å². The smallest absolute Gasteiger partial charge is 0.143 e. The Bertz CT molecular complexity index is 2450. The van der Waals surface area contributed by atoms with Crippen LogP contribution in [0.5, 0.6) is 0 Å². The Morgan fingerprint density at radius 1 is 0.370 bits per heavy atom. The highest BCUT2D eigenvalue weighted by atomic mass is 16.3. The summed E-state index contributed by atoms with van der Waals surface area (Å²) in [6, 6.07) is 62.7. The summed E-state index contributed by atoms with van der Waals surface area (Å²) in [6.45, 7) is 0. The summed E-state index contributed by atoms with van der Waals surface area (Å²) in [7, 11) is 0. The van der Waals surface area contributed by atoms with E-state index in [0.29, 0.717) is 0 Å². The maximum absolute atomic E-state index is 6.37. The number of furan rings is 1. The second-order valence-electron chi connectivity index (χ2n) is 11.7. The summed E-state index contributed by atoms with van der Waals surface area (Å²) < 4.78 is 6.37. The van der Waals surface area contributed by atoms with Crippen molar-refractivity contribution < 1.29 is 4.42 Å². The molecule has 0 unspecified atom stereocenters. The van der Waals surface area contributed by atoms with E-state index in [1.54, 1.807) is 0 Å². The lowest BCUT2D eigenvalue weighted by atomic mass is 9.97. The van der Waals surface area contributed by atoms with E-state index in [-0.39, 0.29) is 0 Å². The third-order valence-corrected chi connectivity index (χ3v) is 9.05. The van der Waals surface area contributed by atoms with Gasteiger partial charge in [-0.05, 0) is 63.9 Å². The van der Waals surface area contributed by atoms with Crippen LogP contribution < -0.4 is 4.90 Å². The molecule has 2 nitrogen and oxygen atoms in total. The minimum atomic E-state index is 0.915. The van der Waals surface area contributed by atoms with E-state index in [9.17, 15) is 0 Å². The Balaban J connectivity index is 1.16. The first-order chi connectivity index (χ1) is 22.8. The molecule has 2 heteroatoms. The van der Waals surface area contributed by atoms with Crippen molar-refractivity contribution >= 4 is 60.5 Å². The lowest BCUT2D eigenvalue weighted by Crippen LogP contribution is -2.11. The lowest BCUT2D eigenvalue weighted by Gasteiger charge is -2.28. The quantitative estimate of drug-likeness (QED) is 0.199. The Kier molecular flexibility index (Phi) is 6.17. The number of fused-ring (bicyclic) bond motifs is 5. The first-order valence-electron chi connectivity index (χ1n) is 15.7. The molecular formula is C44H29NO. The molecule has 0 amide bonds. The standard InChI is InChI=1S/C44H29NO/c1-3-17-36-31(11-1)13-8-22-41(36)45(42-23-9-14-32-12-2-4-18-37(32)42)35-27-25-30(26-28-35)33-15-7-16-34(29-33)38-20-10-21-40-39-19-5-6-24-43(39)46-44(38)40/h1-29H. The molecule has 1 aromatic heterocycles. The van der Waals surface area contributed by atoms with Crippen LogP contribution in [0.25, 0.3) is 65.7 Å². The van der Waals surface area contributed by atoms with Gasteiger partial charge >= 0.3 is 0 Å². The van der Waals surface area contributed by atoms with Gasteiger partial charge in [0.15, 0.2) is 0 Å². The van der Waals surface area contributed by atoms with Crippen LogP contribution in [0.3, 0.4) is 0 Å². The van der Waals surface area contributed by atoms with Gasteiger partial charge in [0.2, 0.25) is 0 Å². The largest absolute Gasteiger partial charge is 0.455 e. The molecule has 0 aliphatic rings. The monoisotopic (exact) mass is 587 g/mol. The van der Waals surface area contributed by atoms with Gasteiger partial charge in [0, 0.05) is 32.8 Å². The number of benzene rings is 8. The summed E-state index contributed by atoms with van der Waals surface area (Å²) in [5.41, 5.74) is 9.84. The summed E-state index contributed by atoms with van der Waals surface area (Å²) >= 11 is 0. The molecular weight excluding hydrogens is 558 g/mol. The van der Waals surface area contributed by atoms with Gasteiger partial charge in [-0.3, -0.25) is 0 Å². The SMILES string of the molecule is c1cc(-c2ccc(N(c3cccc4ccccc34)c3cccc4ccccc34)cc2)cc(-c2cccc3c2oc2ccccc23)c1. The van der Waals surface area contributed by atoms with Crippen molar-refractivity contribution in [1.82, 2.24) is 0 Å². The number of para-hydroxylation sites is 2. The Hall–Kier alpha value is -6.12. The molecule has 0 aliphatic carbocycles. The molecule has 46 heavy (non-hydrogen) atoms. The van der Waals surface area contributed by atoms with Crippen molar-refractivity contribution in [2.75, 3.05) is 4.90 Å². The van der Waals surface area contributed by atoms with Crippen LogP contribution in [-0.4, -0.2) is 0 Å². The average Bonchev–Trinajstić information content (AvgIpc) is 3.51. The minimum Gasteiger partial charge on any atom is -0.455 e. The van der Waals surface area contributed by atoms with Gasteiger partial charge in [0.05, 0.1) is 11.4 Å². The van der Waals surface area contributed by atoms with E-state index in [1.165, 1.54) is 27.1 Å². The molecule has 0 N–H and O–H groups in total. The Morgan fingerprint density at radius 3 is 1.63 bits per heavy atom. The van der Waals surface area contributed by atoms with Crippen molar-refractivity contribution in [2.45, 2.75) is 0 Å². The van der Waals surface area contributed by atoms with Gasteiger partial charge < -0.3 is 9.32 Å². The van der Waals surface area contributed by atoms with Crippen LogP contribution in [0.4, 0.5) is 17.1 Å². The van der Waals surface area contributed by atoms with Gasteiger partial charge in [0.1, 0.15) is 11.2 Å². The van der Waals surface area contributed by atoms with Gasteiger partial charge in [-0.15, -0.1) is 0 Å². The van der Waals surface area contributed by atoms with E-state index in [1.807, 2.05) is 12.1 Å². The number of anilines is 3. The first-order valence-corrected chi connectivity index (χ1v) is 15.7. The van der Waals surface area contributed by atoms with Gasteiger partial charge in [0.25, 0.3) is 0 Å². The predicted octanol–water partition coefficient (Wildman–Crippen LogP) is 12.7. The minimum absolute atomic E-state index is 0.915. The van der Waals surface area contributed by atoms with Crippen LogP contribution in [0.2, 0.25) is 0 Å². The van der Waals surface area contributed by atoms with E-state index >= 15 is 0 Å². The van der Waals surface area contributed by atoms with Crippen molar-refractivity contribution in [3.8, 4) is 22.3 Å². The number of rotatable bonds is 5. The third-order valence-electron chi connectivity index (χ3n) is 9.05. The highest BCUT2D eigenvalue weighted by Gasteiger charge is 2.18. The fraction of sp³-hybridized carbons (Fsp3) is 0. The normalized spacial score (nSPS) is 11.5. The molecule has 1 heterocycles. The van der Waals surface area contributed by atoms with E-state index in [2.05, 4.69) is 169 Å². The molecule has 0 saturated carbocycles.